The van der Waals surface area contributed by atoms with Gasteiger partial charge in [-0.05, 0) is 24.6 Å². The summed E-state index contributed by atoms with van der Waals surface area (Å²) in [5.74, 6) is 1.16. The predicted octanol–water partition coefficient (Wildman–Crippen LogP) is 5.24. The normalized spacial score (nSPS) is 10.9. The van der Waals surface area contributed by atoms with Gasteiger partial charge in [0.25, 0.3) is 5.69 Å². The Morgan fingerprint density at radius 3 is 2.75 bits per heavy atom. The number of pyridine rings is 1. The van der Waals surface area contributed by atoms with E-state index in [1.54, 1.807) is 18.5 Å². The topological polar surface area (TPSA) is 93.8 Å². The molecule has 28 heavy (non-hydrogen) atoms. The van der Waals surface area contributed by atoms with Crippen molar-refractivity contribution in [3.8, 4) is 11.4 Å². The lowest BCUT2D eigenvalue weighted by atomic mass is 10.2. The summed E-state index contributed by atoms with van der Waals surface area (Å²) in [6, 6.07) is 10.2. The number of aryl methyl sites for hydroxylation is 1. The van der Waals surface area contributed by atoms with Gasteiger partial charge in [-0.25, -0.2) is 9.97 Å². The molecule has 1 aromatic carbocycles. The van der Waals surface area contributed by atoms with Crippen LogP contribution in [0.4, 0.5) is 11.5 Å². The Bertz CT molecular complexity index is 1180. The molecular weight excluding hydrogens is 398 g/mol. The molecule has 1 N–H and O–H groups in total. The molecule has 140 valence electrons. The van der Waals surface area contributed by atoms with Gasteiger partial charge in [-0.3, -0.25) is 15.1 Å². The number of thiophene rings is 1. The first-order valence-electron chi connectivity index (χ1n) is 8.37. The summed E-state index contributed by atoms with van der Waals surface area (Å²) in [5.41, 5.74) is 1.67. The maximum atomic E-state index is 11.0. The Morgan fingerprint density at radius 1 is 1.21 bits per heavy atom. The molecular formula is C19H14ClN5O2S. The highest BCUT2D eigenvalue weighted by Gasteiger charge is 2.17. The average Bonchev–Trinajstić information content (AvgIpc) is 3.01. The Balaban J connectivity index is 1.74. The van der Waals surface area contributed by atoms with Crippen LogP contribution in [0.25, 0.3) is 21.6 Å². The molecule has 0 fully saturated rings. The Morgan fingerprint density at radius 2 is 2.00 bits per heavy atom. The highest BCUT2D eigenvalue weighted by atomic mass is 35.5. The summed E-state index contributed by atoms with van der Waals surface area (Å²) < 4.78 is 0. The summed E-state index contributed by atoms with van der Waals surface area (Å²) in [6.07, 6.45) is 3.37. The molecule has 0 aliphatic heterocycles. The maximum absolute atomic E-state index is 11.0. The fraction of sp³-hybridized carbons (Fsp3) is 0.105. The first kappa shape index (κ1) is 18.3. The van der Waals surface area contributed by atoms with Crippen molar-refractivity contribution >= 4 is 44.7 Å². The number of non-ortho nitro benzene ring substituents is 1. The molecule has 3 heterocycles. The third kappa shape index (κ3) is 3.51. The predicted molar refractivity (Wildman–Crippen MR) is 111 cm³/mol. The van der Waals surface area contributed by atoms with Crippen molar-refractivity contribution < 1.29 is 4.92 Å². The smallest absolute Gasteiger partial charge is 0.269 e. The fourth-order valence-corrected chi connectivity index (χ4v) is 4.07. The number of hydrogen-bond acceptors (Lipinski definition) is 7. The van der Waals surface area contributed by atoms with E-state index in [2.05, 4.69) is 20.3 Å². The van der Waals surface area contributed by atoms with Crippen LogP contribution in [0.15, 0.2) is 48.8 Å². The Kier molecular flexibility index (Phi) is 4.89. The summed E-state index contributed by atoms with van der Waals surface area (Å²) in [6.45, 7) is 2.31. The van der Waals surface area contributed by atoms with Crippen molar-refractivity contribution in [1.29, 1.82) is 0 Å². The van der Waals surface area contributed by atoms with Crippen LogP contribution < -0.4 is 5.32 Å². The van der Waals surface area contributed by atoms with Crippen molar-refractivity contribution in [2.45, 2.75) is 13.5 Å². The van der Waals surface area contributed by atoms with Crippen molar-refractivity contribution in [2.24, 2.45) is 0 Å². The van der Waals surface area contributed by atoms with Crippen LogP contribution >= 0.6 is 22.9 Å². The Labute approximate surface area is 169 Å². The molecule has 0 spiro atoms. The number of halogens is 1. The number of fused-ring (bicyclic) bond motifs is 1. The van der Waals surface area contributed by atoms with Crippen molar-refractivity contribution in [3.63, 3.8) is 0 Å². The minimum absolute atomic E-state index is 0.0500. The molecule has 4 rings (SSSR count). The number of benzene rings is 1. The van der Waals surface area contributed by atoms with E-state index in [1.807, 2.05) is 25.1 Å². The lowest BCUT2D eigenvalue weighted by molar-refractivity contribution is -0.384. The minimum atomic E-state index is -0.410. The molecule has 0 amide bonds. The van der Waals surface area contributed by atoms with Crippen LogP contribution in [0.5, 0.6) is 0 Å². The molecule has 0 radical (unpaired) electrons. The van der Waals surface area contributed by atoms with E-state index in [9.17, 15) is 10.1 Å². The van der Waals surface area contributed by atoms with E-state index in [-0.39, 0.29) is 5.69 Å². The molecule has 0 saturated heterocycles. The molecule has 0 aliphatic carbocycles. The summed E-state index contributed by atoms with van der Waals surface area (Å²) in [5, 5.41) is 15.6. The van der Waals surface area contributed by atoms with Crippen molar-refractivity contribution in [2.75, 3.05) is 5.32 Å². The first-order valence-corrected chi connectivity index (χ1v) is 9.56. The van der Waals surface area contributed by atoms with Crippen LogP contribution in [0.2, 0.25) is 5.02 Å². The number of anilines is 1. The SMILES string of the molecule is Cc1sc2nc(-c3ccncc3)nc(NCc3cccc([N+](=O)[O-])c3)c2c1Cl. The van der Waals surface area contributed by atoms with Crippen LogP contribution in [0, 0.1) is 17.0 Å². The molecule has 0 bridgehead atoms. The zero-order valence-corrected chi connectivity index (χ0v) is 16.3. The highest BCUT2D eigenvalue weighted by molar-refractivity contribution is 7.19. The van der Waals surface area contributed by atoms with Crippen molar-refractivity contribution in [3.05, 3.63) is 74.4 Å². The van der Waals surface area contributed by atoms with E-state index >= 15 is 0 Å². The number of nitro groups is 1. The van der Waals surface area contributed by atoms with E-state index < -0.39 is 4.92 Å². The van der Waals surface area contributed by atoms with Gasteiger partial charge < -0.3 is 5.32 Å². The van der Waals surface area contributed by atoms with Crippen LogP contribution in [0.3, 0.4) is 0 Å². The maximum Gasteiger partial charge on any atom is 0.269 e. The highest BCUT2D eigenvalue weighted by Crippen LogP contribution is 2.38. The number of nitrogens with one attached hydrogen (secondary N) is 1. The Hall–Kier alpha value is -3.10. The number of hydrogen-bond donors (Lipinski definition) is 1. The molecule has 3 aromatic heterocycles. The molecule has 0 atom stereocenters. The van der Waals surface area contributed by atoms with Crippen molar-refractivity contribution in [1.82, 2.24) is 15.0 Å². The molecule has 0 unspecified atom stereocenters. The standard InChI is InChI=1S/C19H14ClN5O2S/c1-11-16(20)15-18(22-10-12-3-2-4-14(9-12)25(26)27)23-17(24-19(15)28-11)13-5-7-21-8-6-13/h2-9H,10H2,1H3,(H,22,23,24). The monoisotopic (exact) mass is 411 g/mol. The third-order valence-electron chi connectivity index (χ3n) is 4.17. The van der Waals surface area contributed by atoms with E-state index in [1.165, 1.54) is 23.5 Å². The number of aromatic nitrogens is 3. The molecule has 0 saturated carbocycles. The average molecular weight is 412 g/mol. The molecule has 7 nitrogen and oxygen atoms in total. The molecule has 0 aliphatic rings. The largest absolute Gasteiger partial charge is 0.365 e. The van der Waals surface area contributed by atoms with Gasteiger partial charge in [0.1, 0.15) is 10.6 Å². The fourth-order valence-electron chi connectivity index (χ4n) is 2.80. The second-order valence-corrected chi connectivity index (χ2v) is 7.65. The van der Waals surface area contributed by atoms with Gasteiger partial charge in [0.15, 0.2) is 5.82 Å². The van der Waals surface area contributed by atoms with Gasteiger partial charge in [-0.15, -0.1) is 11.3 Å². The minimum Gasteiger partial charge on any atom is -0.365 e. The van der Waals surface area contributed by atoms with Gasteiger partial charge in [0.05, 0.1) is 15.3 Å². The second-order valence-electron chi connectivity index (χ2n) is 6.06. The van der Waals surface area contributed by atoms with Gasteiger partial charge in [-0.1, -0.05) is 23.7 Å². The third-order valence-corrected chi connectivity index (χ3v) is 5.76. The van der Waals surface area contributed by atoms with Crippen LogP contribution in [0.1, 0.15) is 10.4 Å². The number of nitrogens with zero attached hydrogens (tertiary/aromatic N) is 4. The lowest BCUT2D eigenvalue weighted by Gasteiger charge is -2.10. The zero-order chi connectivity index (χ0) is 19.7. The van der Waals surface area contributed by atoms with E-state index in [0.717, 1.165) is 26.2 Å². The number of nitro benzene ring substituents is 1. The van der Waals surface area contributed by atoms with E-state index in [0.29, 0.717) is 23.2 Å². The lowest BCUT2D eigenvalue weighted by Crippen LogP contribution is -2.04. The van der Waals surface area contributed by atoms with Crippen LogP contribution in [-0.4, -0.2) is 19.9 Å². The van der Waals surface area contributed by atoms with Gasteiger partial charge in [0, 0.05) is 41.5 Å². The summed E-state index contributed by atoms with van der Waals surface area (Å²) in [4.78, 5) is 25.7. The van der Waals surface area contributed by atoms with Gasteiger partial charge in [-0.2, -0.15) is 0 Å². The summed E-state index contributed by atoms with van der Waals surface area (Å²) in [7, 11) is 0. The number of rotatable bonds is 5. The molecule has 4 aromatic rings. The van der Waals surface area contributed by atoms with Gasteiger partial charge >= 0.3 is 0 Å². The van der Waals surface area contributed by atoms with Crippen LogP contribution in [-0.2, 0) is 6.54 Å². The van der Waals surface area contributed by atoms with Gasteiger partial charge in [0.2, 0.25) is 0 Å². The molecule has 9 heteroatoms. The first-order chi connectivity index (χ1) is 13.5. The van der Waals surface area contributed by atoms with E-state index in [4.69, 9.17) is 11.6 Å². The quantitative estimate of drug-likeness (QED) is 0.356. The summed E-state index contributed by atoms with van der Waals surface area (Å²) >= 11 is 7.99. The zero-order valence-electron chi connectivity index (χ0n) is 14.7. The second kappa shape index (κ2) is 7.49.